The molecule has 0 aliphatic carbocycles. The summed E-state index contributed by atoms with van der Waals surface area (Å²) in [5, 5.41) is 1.19. The molecular formula is C23H14Cl3FO3. The maximum absolute atomic E-state index is 14.0. The molecule has 0 saturated carbocycles. The van der Waals surface area contributed by atoms with Gasteiger partial charge in [0.05, 0.1) is 10.6 Å². The zero-order valence-electron chi connectivity index (χ0n) is 15.6. The molecule has 1 aliphatic rings. The molecular weight excluding hydrogens is 450 g/mol. The van der Waals surface area contributed by atoms with Crippen LogP contribution in [0.25, 0.3) is 6.08 Å². The van der Waals surface area contributed by atoms with Crippen molar-refractivity contribution < 1.29 is 18.7 Å². The molecule has 0 unspecified atom stereocenters. The molecule has 0 N–H and O–H groups in total. The molecule has 3 aromatic carbocycles. The summed E-state index contributed by atoms with van der Waals surface area (Å²) in [6, 6.07) is 12.7. The minimum atomic E-state index is -0.447. The molecule has 0 atom stereocenters. The van der Waals surface area contributed by atoms with Gasteiger partial charge in [0.1, 0.15) is 23.9 Å². The van der Waals surface area contributed by atoms with E-state index in [4.69, 9.17) is 44.3 Å². The van der Waals surface area contributed by atoms with E-state index in [2.05, 4.69) is 0 Å². The van der Waals surface area contributed by atoms with Gasteiger partial charge < -0.3 is 9.47 Å². The third-order valence-corrected chi connectivity index (χ3v) is 5.55. The maximum atomic E-state index is 14.0. The largest absolute Gasteiger partial charge is 0.489 e. The van der Waals surface area contributed by atoms with Crippen molar-refractivity contribution >= 4 is 46.7 Å². The molecule has 7 heteroatoms. The maximum Gasteiger partial charge on any atom is 0.232 e. The van der Waals surface area contributed by atoms with Crippen molar-refractivity contribution in [2.24, 2.45) is 0 Å². The summed E-state index contributed by atoms with van der Waals surface area (Å²) in [5.41, 5.74) is 1.99. The zero-order valence-corrected chi connectivity index (χ0v) is 17.9. The number of ether oxygens (including phenoxy) is 2. The first-order valence-corrected chi connectivity index (χ1v) is 10.1. The summed E-state index contributed by atoms with van der Waals surface area (Å²) in [6.45, 7) is 1.72. The number of hydrogen-bond donors (Lipinski definition) is 0. The Morgan fingerprint density at radius 3 is 2.60 bits per heavy atom. The minimum Gasteiger partial charge on any atom is -0.489 e. The van der Waals surface area contributed by atoms with Crippen LogP contribution in [0.3, 0.4) is 0 Å². The quantitative estimate of drug-likeness (QED) is 0.381. The molecule has 0 fully saturated rings. The van der Waals surface area contributed by atoms with E-state index in [1.807, 2.05) is 0 Å². The van der Waals surface area contributed by atoms with Crippen molar-refractivity contribution in [3.05, 3.63) is 97.4 Å². The van der Waals surface area contributed by atoms with Gasteiger partial charge in [0.2, 0.25) is 5.78 Å². The smallest absolute Gasteiger partial charge is 0.232 e. The lowest BCUT2D eigenvalue weighted by atomic mass is 10.0. The molecule has 3 aromatic rings. The standard InChI is InChI=1S/C23H14Cl3FO3/c1-12-7-15(29-11-16-17(25)3-2-4-19(16)27)10-20-22(12)23(28)21(30-20)8-13-5-6-14(24)9-18(13)26/h2-10H,11H2,1H3/b21-8-. The number of aryl methyl sites for hydroxylation is 1. The van der Waals surface area contributed by atoms with Crippen LogP contribution in [0, 0.1) is 12.7 Å². The van der Waals surface area contributed by atoms with Crippen LogP contribution in [0.15, 0.2) is 54.3 Å². The number of fused-ring (bicyclic) bond motifs is 1. The molecule has 0 bridgehead atoms. The van der Waals surface area contributed by atoms with Gasteiger partial charge in [-0.25, -0.2) is 4.39 Å². The number of carbonyl (C=O) groups excluding carboxylic acids is 1. The van der Waals surface area contributed by atoms with Crippen molar-refractivity contribution in [3.8, 4) is 11.5 Å². The van der Waals surface area contributed by atoms with Crippen molar-refractivity contribution in [1.82, 2.24) is 0 Å². The Kier molecular flexibility index (Phi) is 5.74. The predicted molar refractivity (Wildman–Crippen MR) is 116 cm³/mol. The number of halogens is 4. The number of hydrogen-bond acceptors (Lipinski definition) is 3. The molecule has 152 valence electrons. The Morgan fingerprint density at radius 1 is 1.07 bits per heavy atom. The monoisotopic (exact) mass is 462 g/mol. The first-order chi connectivity index (χ1) is 14.3. The highest BCUT2D eigenvalue weighted by Gasteiger charge is 2.30. The van der Waals surface area contributed by atoms with E-state index in [9.17, 15) is 9.18 Å². The second kappa shape index (κ2) is 8.31. The molecule has 4 rings (SSSR count). The molecule has 0 aromatic heterocycles. The van der Waals surface area contributed by atoms with Gasteiger partial charge in [-0.2, -0.15) is 0 Å². The summed E-state index contributed by atoms with van der Waals surface area (Å²) in [6.07, 6.45) is 1.57. The van der Waals surface area contributed by atoms with Gasteiger partial charge in [-0.15, -0.1) is 0 Å². The van der Waals surface area contributed by atoms with Crippen LogP contribution < -0.4 is 9.47 Å². The van der Waals surface area contributed by atoms with Gasteiger partial charge in [-0.3, -0.25) is 4.79 Å². The third-order valence-electron chi connectivity index (χ3n) is 4.64. The first kappa shape index (κ1) is 20.7. The lowest BCUT2D eigenvalue weighted by Gasteiger charge is -2.11. The van der Waals surface area contributed by atoms with Crippen LogP contribution in [0.2, 0.25) is 15.1 Å². The zero-order chi connectivity index (χ0) is 21.4. The van der Waals surface area contributed by atoms with E-state index in [0.29, 0.717) is 38.2 Å². The van der Waals surface area contributed by atoms with Crippen molar-refractivity contribution in [2.45, 2.75) is 13.5 Å². The number of benzene rings is 3. The lowest BCUT2D eigenvalue weighted by molar-refractivity contribution is 0.101. The van der Waals surface area contributed by atoms with E-state index < -0.39 is 5.82 Å². The van der Waals surface area contributed by atoms with Crippen molar-refractivity contribution in [1.29, 1.82) is 0 Å². The van der Waals surface area contributed by atoms with Gasteiger partial charge >= 0.3 is 0 Å². The topological polar surface area (TPSA) is 35.5 Å². The van der Waals surface area contributed by atoms with Crippen LogP contribution >= 0.6 is 34.8 Å². The minimum absolute atomic E-state index is 0.0548. The number of Topliss-reactive ketones (excluding diaryl/α,β-unsaturated/α-hetero) is 1. The summed E-state index contributed by atoms with van der Waals surface area (Å²) in [4.78, 5) is 12.8. The molecule has 3 nitrogen and oxygen atoms in total. The second-order valence-corrected chi connectivity index (χ2v) is 7.96. The highest BCUT2D eigenvalue weighted by atomic mass is 35.5. The summed E-state index contributed by atoms with van der Waals surface area (Å²) in [7, 11) is 0. The Labute approximate surface area is 187 Å². The van der Waals surface area contributed by atoms with Gasteiger partial charge in [0, 0.05) is 21.7 Å². The van der Waals surface area contributed by atoms with E-state index in [-0.39, 0.29) is 28.7 Å². The van der Waals surface area contributed by atoms with Crippen molar-refractivity contribution in [3.63, 3.8) is 0 Å². The predicted octanol–water partition coefficient (Wildman–Crippen LogP) is 7.29. The Hall–Kier alpha value is -2.53. The molecule has 1 aliphatic heterocycles. The molecule has 30 heavy (non-hydrogen) atoms. The van der Waals surface area contributed by atoms with Crippen LogP contribution in [-0.2, 0) is 6.61 Å². The fourth-order valence-electron chi connectivity index (χ4n) is 3.15. The van der Waals surface area contributed by atoms with Gasteiger partial charge in [-0.1, -0.05) is 46.9 Å². The van der Waals surface area contributed by atoms with Crippen LogP contribution in [0.4, 0.5) is 4.39 Å². The Morgan fingerprint density at radius 2 is 1.87 bits per heavy atom. The van der Waals surface area contributed by atoms with Gasteiger partial charge in [0.25, 0.3) is 0 Å². The number of carbonyl (C=O) groups is 1. The van der Waals surface area contributed by atoms with Gasteiger partial charge in [0.15, 0.2) is 5.76 Å². The van der Waals surface area contributed by atoms with E-state index in [0.717, 1.165) is 0 Å². The average Bonchev–Trinajstić information content (AvgIpc) is 2.99. The molecule has 0 saturated heterocycles. The molecule has 0 radical (unpaired) electrons. The van der Waals surface area contributed by atoms with Crippen LogP contribution in [-0.4, -0.2) is 5.78 Å². The first-order valence-electron chi connectivity index (χ1n) is 8.93. The lowest BCUT2D eigenvalue weighted by Crippen LogP contribution is -2.01. The number of allylic oxidation sites excluding steroid dienone is 1. The highest BCUT2D eigenvalue weighted by Crippen LogP contribution is 2.38. The summed E-state index contributed by atoms with van der Waals surface area (Å²) >= 11 is 18.2. The Balaban J connectivity index is 1.60. The third kappa shape index (κ3) is 4.04. The van der Waals surface area contributed by atoms with Gasteiger partial charge in [-0.05, 0) is 54.5 Å². The normalized spacial score (nSPS) is 14.0. The fourth-order valence-corrected chi connectivity index (χ4v) is 3.83. The fraction of sp³-hybridized carbons (Fsp3) is 0.0870. The molecule has 1 heterocycles. The highest BCUT2D eigenvalue weighted by molar-refractivity contribution is 6.35. The molecule has 0 spiro atoms. The number of rotatable bonds is 4. The number of ketones is 1. The summed E-state index contributed by atoms with van der Waals surface area (Å²) < 4.78 is 25.4. The van der Waals surface area contributed by atoms with E-state index in [1.165, 1.54) is 12.1 Å². The van der Waals surface area contributed by atoms with Crippen LogP contribution in [0.5, 0.6) is 11.5 Å². The second-order valence-electron chi connectivity index (χ2n) is 6.71. The average molecular weight is 464 g/mol. The van der Waals surface area contributed by atoms with Crippen LogP contribution in [0.1, 0.15) is 27.0 Å². The molecule has 0 amide bonds. The van der Waals surface area contributed by atoms with E-state index in [1.54, 1.807) is 49.4 Å². The Bertz CT molecular complexity index is 1180. The SMILES string of the molecule is Cc1cc(OCc2c(F)cccc2Cl)cc2c1C(=O)/C(=C/c1ccc(Cl)cc1Cl)O2. The van der Waals surface area contributed by atoms with Crippen molar-refractivity contribution in [2.75, 3.05) is 0 Å². The summed E-state index contributed by atoms with van der Waals surface area (Å²) in [5.74, 6) is 0.246. The van der Waals surface area contributed by atoms with E-state index >= 15 is 0 Å².